The van der Waals surface area contributed by atoms with Gasteiger partial charge in [0, 0.05) is 5.75 Å². The molecular formula is C16H14F3N3O2S2. The molecule has 0 unspecified atom stereocenters. The van der Waals surface area contributed by atoms with Gasteiger partial charge in [-0.1, -0.05) is 54.2 Å². The Hall–Kier alpha value is -2.33. The lowest BCUT2D eigenvalue weighted by Gasteiger charge is -2.08. The van der Waals surface area contributed by atoms with Gasteiger partial charge in [-0.2, -0.15) is 18.3 Å². The molecule has 10 heteroatoms. The number of sulfone groups is 1. The van der Waals surface area contributed by atoms with Gasteiger partial charge in [-0.3, -0.25) is 0 Å². The summed E-state index contributed by atoms with van der Waals surface area (Å²) in [6.45, 7) is 0. The number of thioether (sulfide) groups is 1. The van der Waals surface area contributed by atoms with Crippen LogP contribution in [0.1, 0.15) is 11.1 Å². The number of benzene rings is 2. The molecule has 0 atom stereocenters. The fraction of sp³-hybridized carbons (Fsp3) is 0.125. The van der Waals surface area contributed by atoms with E-state index in [2.05, 4.69) is 10.2 Å². The molecule has 0 fully saturated rings. The Balaban J connectivity index is 2.05. The first kappa shape index (κ1) is 20.0. The van der Waals surface area contributed by atoms with E-state index in [1.807, 2.05) is 30.3 Å². The molecule has 5 nitrogen and oxygen atoms in total. The van der Waals surface area contributed by atoms with Crippen LogP contribution in [-0.2, 0) is 15.6 Å². The van der Waals surface area contributed by atoms with Gasteiger partial charge in [-0.05, 0) is 23.3 Å². The van der Waals surface area contributed by atoms with Crippen LogP contribution in [-0.4, -0.2) is 25.3 Å². The van der Waals surface area contributed by atoms with Crippen LogP contribution in [0.2, 0.25) is 0 Å². The quantitative estimate of drug-likeness (QED) is 0.472. The minimum absolute atomic E-state index is 0.153. The fourth-order valence-corrected chi connectivity index (χ4v) is 3.24. The minimum Gasteiger partial charge on any atom is -0.377 e. The van der Waals surface area contributed by atoms with Gasteiger partial charge in [0.05, 0.1) is 11.1 Å². The first-order valence-corrected chi connectivity index (χ1v) is 9.61. The van der Waals surface area contributed by atoms with Crippen molar-refractivity contribution >= 4 is 33.0 Å². The molecule has 0 aliphatic rings. The second-order valence-corrected chi connectivity index (χ2v) is 7.92. The average molecular weight is 401 g/mol. The summed E-state index contributed by atoms with van der Waals surface area (Å²) in [6.07, 6.45) is 1.13. The lowest BCUT2D eigenvalue weighted by molar-refractivity contribution is -0.0436. The molecule has 138 valence electrons. The Bertz CT molecular complexity index is 912. The standard InChI is InChI=1S/C16H14F3N3O2S2/c17-16(18,19)26(23,24)14-8-4-7-13(9-14)10-21-22-15(20)25-11-12-5-2-1-3-6-12/h1-10H,11H2,(H2,20,22). The van der Waals surface area contributed by atoms with Gasteiger partial charge in [0.15, 0.2) is 5.17 Å². The highest BCUT2D eigenvalue weighted by atomic mass is 32.2. The van der Waals surface area contributed by atoms with E-state index in [9.17, 15) is 21.6 Å². The van der Waals surface area contributed by atoms with Gasteiger partial charge in [-0.25, -0.2) is 8.42 Å². The minimum atomic E-state index is -5.41. The number of halogens is 3. The summed E-state index contributed by atoms with van der Waals surface area (Å²) in [7, 11) is -5.41. The Labute approximate surface area is 152 Å². The molecule has 0 spiro atoms. The van der Waals surface area contributed by atoms with E-state index in [-0.39, 0.29) is 10.7 Å². The van der Waals surface area contributed by atoms with E-state index in [4.69, 9.17) is 5.73 Å². The van der Waals surface area contributed by atoms with Gasteiger partial charge in [0.2, 0.25) is 0 Å². The lowest BCUT2D eigenvalue weighted by Crippen LogP contribution is -2.23. The van der Waals surface area contributed by atoms with Gasteiger partial charge in [0.25, 0.3) is 9.84 Å². The van der Waals surface area contributed by atoms with Crippen molar-refractivity contribution in [3.05, 3.63) is 65.7 Å². The normalized spacial score (nSPS) is 13.3. The van der Waals surface area contributed by atoms with Crippen molar-refractivity contribution in [2.45, 2.75) is 16.2 Å². The van der Waals surface area contributed by atoms with E-state index in [1.165, 1.54) is 23.9 Å². The number of hydrogen-bond donors (Lipinski definition) is 1. The zero-order chi connectivity index (χ0) is 19.2. The van der Waals surface area contributed by atoms with E-state index < -0.39 is 20.2 Å². The topological polar surface area (TPSA) is 84.9 Å². The molecule has 0 aliphatic carbocycles. The van der Waals surface area contributed by atoms with Crippen molar-refractivity contribution in [1.82, 2.24) is 0 Å². The van der Waals surface area contributed by atoms with Crippen molar-refractivity contribution in [2.24, 2.45) is 15.9 Å². The lowest BCUT2D eigenvalue weighted by atomic mass is 10.2. The molecule has 2 rings (SSSR count). The van der Waals surface area contributed by atoms with Crippen LogP contribution >= 0.6 is 11.8 Å². The second kappa shape index (κ2) is 8.37. The van der Waals surface area contributed by atoms with Gasteiger partial charge >= 0.3 is 5.51 Å². The molecule has 2 aromatic carbocycles. The number of nitrogens with two attached hydrogens (primary N) is 1. The van der Waals surface area contributed by atoms with Crippen molar-refractivity contribution in [3.8, 4) is 0 Å². The van der Waals surface area contributed by atoms with E-state index >= 15 is 0 Å². The number of rotatable bonds is 5. The summed E-state index contributed by atoms with van der Waals surface area (Å²) in [5.41, 5.74) is 1.53. The molecule has 0 aromatic heterocycles. The average Bonchev–Trinajstić information content (AvgIpc) is 2.60. The Morgan fingerprint density at radius 3 is 2.46 bits per heavy atom. The Morgan fingerprint density at radius 2 is 1.81 bits per heavy atom. The Kier molecular flexibility index (Phi) is 6.43. The Morgan fingerprint density at radius 1 is 1.12 bits per heavy atom. The van der Waals surface area contributed by atoms with Crippen molar-refractivity contribution in [1.29, 1.82) is 0 Å². The monoisotopic (exact) mass is 401 g/mol. The molecule has 0 saturated carbocycles. The van der Waals surface area contributed by atoms with Crippen LogP contribution in [0.25, 0.3) is 0 Å². The molecule has 26 heavy (non-hydrogen) atoms. The summed E-state index contributed by atoms with van der Waals surface area (Å²) in [6, 6.07) is 13.9. The fourth-order valence-electron chi connectivity index (χ4n) is 1.81. The summed E-state index contributed by atoms with van der Waals surface area (Å²) in [4.78, 5) is -0.857. The van der Waals surface area contributed by atoms with Crippen LogP contribution in [0.4, 0.5) is 13.2 Å². The van der Waals surface area contributed by atoms with Crippen LogP contribution in [0.3, 0.4) is 0 Å². The van der Waals surface area contributed by atoms with Crippen LogP contribution in [0.5, 0.6) is 0 Å². The molecule has 0 aliphatic heterocycles. The van der Waals surface area contributed by atoms with Crippen LogP contribution < -0.4 is 5.73 Å². The summed E-state index contributed by atoms with van der Waals surface area (Å²) >= 11 is 1.24. The van der Waals surface area contributed by atoms with Gasteiger partial charge < -0.3 is 5.73 Å². The maximum absolute atomic E-state index is 12.6. The highest BCUT2D eigenvalue weighted by Gasteiger charge is 2.46. The molecule has 0 radical (unpaired) electrons. The van der Waals surface area contributed by atoms with Crippen molar-refractivity contribution in [3.63, 3.8) is 0 Å². The molecule has 0 bridgehead atoms. The SMILES string of the molecule is NC(=NN=Cc1cccc(S(=O)(=O)C(F)(F)F)c1)SCc1ccccc1. The maximum Gasteiger partial charge on any atom is 0.501 e. The molecule has 2 N–H and O–H groups in total. The highest BCUT2D eigenvalue weighted by Crippen LogP contribution is 2.30. The summed E-state index contributed by atoms with van der Waals surface area (Å²) in [5.74, 6) is 0.588. The van der Waals surface area contributed by atoms with Crippen molar-refractivity contribution < 1.29 is 21.6 Å². The maximum atomic E-state index is 12.6. The smallest absolute Gasteiger partial charge is 0.377 e. The third-order valence-corrected chi connectivity index (χ3v) is 5.40. The number of amidine groups is 1. The number of alkyl halides is 3. The first-order valence-electron chi connectivity index (χ1n) is 7.15. The van der Waals surface area contributed by atoms with Gasteiger partial charge in [-0.15, -0.1) is 5.10 Å². The van der Waals surface area contributed by atoms with E-state index in [0.717, 1.165) is 23.9 Å². The molecule has 2 aromatic rings. The molecule has 0 heterocycles. The van der Waals surface area contributed by atoms with E-state index in [0.29, 0.717) is 5.75 Å². The third kappa shape index (κ3) is 5.33. The van der Waals surface area contributed by atoms with Gasteiger partial charge in [0.1, 0.15) is 0 Å². The number of nitrogens with zero attached hydrogens (tertiary/aromatic N) is 2. The summed E-state index contributed by atoms with van der Waals surface area (Å²) in [5, 5.41) is 7.58. The third-order valence-electron chi connectivity index (χ3n) is 3.07. The predicted molar refractivity (Wildman–Crippen MR) is 96.6 cm³/mol. The summed E-state index contributed by atoms with van der Waals surface area (Å²) < 4.78 is 60.5. The highest BCUT2D eigenvalue weighted by molar-refractivity contribution is 8.13. The predicted octanol–water partition coefficient (Wildman–Crippen LogP) is 3.56. The van der Waals surface area contributed by atoms with Crippen LogP contribution in [0.15, 0.2) is 69.7 Å². The number of hydrogen-bond acceptors (Lipinski definition) is 5. The zero-order valence-corrected chi connectivity index (χ0v) is 14.9. The van der Waals surface area contributed by atoms with Crippen molar-refractivity contribution in [2.75, 3.05) is 0 Å². The largest absolute Gasteiger partial charge is 0.501 e. The van der Waals surface area contributed by atoms with Crippen LogP contribution in [0, 0.1) is 0 Å². The second-order valence-electron chi connectivity index (χ2n) is 4.98. The molecular weight excluding hydrogens is 387 g/mol. The first-order chi connectivity index (χ1) is 12.2. The zero-order valence-electron chi connectivity index (χ0n) is 13.2. The molecule has 0 amide bonds. The molecule has 0 saturated heterocycles. The van der Waals surface area contributed by atoms with E-state index in [1.54, 1.807) is 0 Å².